The van der Waals surface area contributed by atoms with Gasteiger partial charge >= 0.3 is 23.7 Å². The maximum absolute atomic E-state index is 12.7. The van der Waals surface area contributed by atoms with E-state index in [-0.39, 0.29) is 32.3 Å². The molecule has 0 rings (SSSR count). The molecule has 0 aromatic rings. The number of ether oxygens (including phenoxy) is 1. The average molecular weight is 477 g/mol. The number of carboxylic acid groups (broad SMARTS) is 3. The summed E-state index contributed by atoms with van der Waals surface area (Å²) < 4.78 is 5.54. The molecule has 9 heteroatoms. The molecule has 9 nitrogen and oxygen atoms in total. The SMILES string of the molecule is CCCCCCOC(C(=O)O)(C(O)(O)C(=O)O)C(CCCCCC)(CCCCCC)C(=O)O. The van der Waals surface area contributed by atoms with Crippen LogP contribution >= 0.6 is 0 Å². The molecule has 0 saturated carbocycles. The van der Waals surface area contributed by atoms with Gasteiger partial charge in [0.2, 0.25) is 5.60 Å². The zero-order chi connectivity index (χ0) is 25.5. The van der Waals surface area contributed by atoms with Crippen LogP contribution in [0.25, 0.3) is 0 Å². The largest absolute Gasteiger partial charge is 0.481 e. The lowest BCUT2D eigenvalue weighted by molar-refractivity contribution is -0.312. The molecule has 0 aromatic heterocycles. The molecule has 1 unspecified atom stereocenters. The first-order valence-electron chi connectivity index (χ1n) is 12.3. The number of unbranched alkanes of at least 4 members (excludes halogenated alkanes) is 9. The number of rotatable bonds is 21. The molecule has 0 saturated heterocycles. The molecular formula is C24H44O9. The molecule has 0 radical (unpaired) electrons. The van der Waals surface area contributed by atoms with Crippen LogP contribution in [0.15, 0.2) is 0 Å². The fraction of sp³-hybridized carbons (Fsp3) is 0.875. The second kappa shape index (κ2) is 15.2. The summed E-state index contributed by atoms with van der Waals surface area (Å²) in [5.41, 5.74) is -5.62. The van der Waals surface area contributed by atoms with Crippen molar-refractivity contribution in [2.45, 2.75) is 122 Å². The van der Waals surface area contributed by atoms with Gasteiger partial charge in [0.05, 0.1) is 0 Å². The normalized spacial score (nSPS) is 14.1. The third kappa shape index (κ3) is 7.65. The first-order chi connectivity index (χ1) is 15.5. The van der Waals surface area contributed by atoms with E-state index in [0.29, 0.717) is 25.7 Å². The van der Waals surface area contributed by atoms with Crippen LogP contribution in [0.5, 0.6) is 0 Å². The second-order valence-electron chi connectivity index (χ2n) is 8.88. The van der Waals surface area contributed by atoms with Gasteiger partial charge in [-0.1, -0.05) is 91.4 Å². The summed E-state index contributed by atoms with van der Waals surface area (Å²) >= 11 is 0. The van der Waals surface area contributed by atoms with Crippen LogP contribution in [-0.4, -0.2) is 61.4 Å². The van der Waals surface area contributed by atoms with Gasteiger partial charge < -0.3 is 30.3 Å². The molecule has 0 aliphatic carbocycles. The van der Waals surface area contributed by atoms with E-state index in [2.05, 4.69) is 0 Å². The number of carbonyl (C=O) groups is 3. The number of aliphatic hydroxyl groups is 2. The lowest BCUT2D eigenvalue weighted by atomic mass is 9.61. The van der Waals surface area contributed by atoms with Gasteiger partial charge in [0.1, 0.15) is 5.41 Å². The van der Waals surface area contributed by atoms with Crippen LogP contribution in [0.1, 0.15) is 111 Å². The Balaban J connectivity index is 6.60. The first-order valence-corrected chi connectivity index (χ1v) is 12.3. The predicted octanol–water partition coefficient (Wildman–Crippen LogP) is 4.18. The Morgan fingerprint density at radius 2 is 1.03 bits per heavy atom. The third-order valence-electron chi connectivity index (χ3n) is 6.40. The Kier molecular flexibility index (Phi) is 14.5. The molecule has 0 spiro atoms. The minimum absolute atomic E-state index is 0.244. The van der Waals surface area contributed by atoms with Crippen LogP contribution in [0.3, 0.4) is 0 Å². The van der Waals surface area contributed by atoms with Crippen molar-refractivity contribution in [3.63, 3.8) is 0 Å². The molecule has 33 heavy (non-hydrogen) atoms. The zero-order valence-corrected chi connectivity index (χ0v) is 20.5. The molecule has 0 heterocycles. The number of hydrogen-bond acceptors (Lipinski definition) is 6. The topological polar surface area (TPSA) is 162 Å². The summed E-state index contributed by atoms with van der Waals surface area (Å²) in [5, 5.41) is 51.5. The molecular weight excluding hydrogens is 432 g/mol. The Morgan fingerprint density at radius 3 is 1.36 bits per heavy atom. The predicted molar refractivity (Wildman–Crippen MR) is 123 cm³/mol. The Morgan fingerprint density at radius 1 is 0.606 bits per heavy atom. The summed E-state index contributed by atoms with van der Waals surface area (Å²) in [6.45, 7) is 5.60. The number of hydrogen-bond donors (Lipinski definition) is 5. The van der Waals surface area contributed by atoms with Gasteiger partial charge in [0.15, 0.2) is 0 Å². The standard InChI is InChI=1S/C24H44O9/c1-4-7-10-13-16-22(19(25)26,17-14-11-8-5-2)23(20(27)28,24(31,32)21(29)30)33-18-15-12-9-6-3/h31-32H,4-18H2,1-3H3,(H,25,26)(H,27,28)(H,29,30). The number of aliphatic carboxylic acids is 3. The van der Waals surface area contributed by atoms with Crippen molar-refractivity contribution in [2.24, 2.45) is 5.41 Å². The molecule has 1 atom stereocenters. The van der Waals surface area contributed by atoms with Gasteiger partial charge in [0.25, 0.3) is 0 Å². The Bertz CT molecular complexity index is 591. The molecule has 0 aliphatic rings. The smallest absolute Gasteiger partial charge is 0.368 e. The van der Waals surface area contributed by atoms with Crippen LogP contribution < -0.4 is 0 Å². The highest BCUT2D eigenvalue weighted by Gasteiger charge is 2.75. The van der Waals surface area contributed by atoms with Gasteiger partial charge in [-0.15, -0.1) is 0 Å². The van der Waals surface area contributed by atoms with E-state index in [0.717, 1.165) is 38.5 Å². The lowest BCUT2D eigenvalue weighted by Gasteiger charge is -2.48. The van der Waals surface area contributed by atoms with E-state index in [9.17, 15) is 39.9 Å². The monoisotopic (exact) mass is 476 g/mol. The van der Waals surface area contributed by atoms with Crippen molar-refractivity contribution in [2.75, 3.05) is 6.61 Å². The van der Waals surface area contributed by atoms with E-state index in [1.165, 1.54) is 0 Å². The fourth-order valence-electron chi connectivity index (χ4n) is 4.44. The van der Waals surface area contributed by atoms with Gasteiger partial charge in [-0.2, -0.15) is 0 Å². The molecule has 5 N–H and O–H groups in total. The first kappa shape index (κ1) is 31.3. The van der Waals surface area contributed by atoms with E-state index in [1.54, 1.807) is 0 Å². The Labute approximate surface area is 197 Å². The molecule has 194 valence electrons. The van der Waals surface area contributed by atoms with E-state index in [1.807, 2.05) is 20.8 Å². The van der Waals surface area contributed by atoms with Crippen LogP contribution in [-0.2, 0) is 19.1 Å². The molecule has 0 aliphatic heterocycles. The summed E-state index contributed by atoms with van der Waals surface area (Å²) in [6, 6.07) is 0. The van der Waals surface area contributed by atoms with Gasteiger partial charge in [-0.25, -0.2) is 9.59 Å². The minimum Gasteiger partial charge on any atom is -0.481 e. The van der Waals surface area contributed by atoms with Crippen molar-refractivity contribution in [3.8, 4) is 0 Å². The van der Waals surface area contributed by atoms with E-state index >= 15 is 0 Å². The van der Waals surface area contributed by atoms with E-state index < -0.39 is 34.7 Å². The van der Waals surface area contributed by atoms with Gasteiger partial charge in [-0.3, -0.25) is 4.79 Å². The van der Waals surface area contributed by atoms with E-state index in [4.69, 9.17) is 4.74 Å². The highest BCUT2D eigenvalue weighted by Crippen LogP contribution is 2.50. The summed E-state index contributed by atoms with van der Waals surface area (Å²) in [5.74, 6) is -9.80. The fourth-order valence-corrected chi connectivity index (χ4v) is 4.44. The van der Waals surface area contributed by atoms with Crippen LogP contribution in [0.4, 0.5) is 0 Å². The van der Waals surface area contributed by atoms with Crippen molar-refractivity contribution < 1.29 is 44.7 Å². The highest BCUT2D eigenvalue weighted by atomic mass is 16.6. The average Bonchev–Trinajstić information content (AvgIpc) is 2.75. The molecule has 0 fully saturated rings. The van der Waals surface area contributed by atoms with Crippen LogP contribution in [0.2, 0.25) is 0 Å². The number of carboxylic acids is 3. The summed E-state index contributed by atoms with van der Waals surface area (Å²) in [4.78, 5) is 37.3. The second-order valence-corrected chi connectivity index (χ2v) is 8.88. The van der Waals surface area contributed by atoms with Crippen molar-refractivity contribution in [3.05, 3.63) is 0 Å². The summed E-state index contributed by atoms with van der Waals surface area (Å²) in [6.07, 6.45) is 7.26. The lowest BCUT2D eigenvalue weighted by Crippen LogP contribution is -2.74. The minimum atomic E-state index is -3.95. The molecule has 0 amide bonds. The molecule has 0 aromatic carbocycles. The van der Waals surface area contributed by atoms with Gasteiger partial charge in [0, 0.05) is 6.61 Å². The Hall–Kier alpha value is -1.71. The maximum Gasteiger partial charge on any atom is 0.368 e. The summed E-state index contributed by atoms with van der Waals surface area (Å²) in [7, 11) is 0. The van der Waals surface area contributed by atoms with Crippen molar-refractivity contribution in [1.29, 1.82) is 0 Å². The van der Waals surface area contributed by atoms with Crippen molar-refractivity contribution in [1.82, 2.24) is 0 Å². The van der Waals surface area contributed by atoms with Crippen LogP contribution in [0, 0.1) is 5.41 Å². The zero-order valence-electron chi connectivity index (χ0n) is 20.5. The quantitative estimate of drug-likeness (QED) is 0.121. The van der Waals surface area contributed by atoms with Gasteiger partial charge in [-0.05, 0) is 19.3 Å². The maximum atomic E-state index is 12.7. The third-order valence-corrected chi connectivity index (χ3v) is 6.40. The molecule has 0 bridgehead atoms. The van der Waals surface area contributed by atoms with Crippen molar-refractivity contribution >= 4 is 17.9 Å². The highest BCUT2D eigenvalue weighted by molar-refractivity contribution is 5.96.